The molecule has 2 aromatic heterocycles. The molecular formula is C20H24N8. The van der Waals surface area contributed by atoms with Crippen molar-refractivity contribution in [3.63, 3.8) is 0 Å². The van der Waals surface area contributed by atoms with Crippen LogP contribution in [-0.2, 0) is 0 Å². The van der Waals surface area contributed by atoms with Crippen LogP contribution in [0.25, 0.3) is 0 Å². The molecule has 0 unspecified atom stereocenters. The molecule has 2 saturated carbocycles. The fraction of sp³-hybridized carbons (Fsp3) is 0.400. The van der Waals surface area contributed by atoms with Crippen molar-refractivity contribution in [3.8, 4) is 0 Å². The third-order valence-corrected chi connectivity index (χ3v) is 5.37. The lowest BCUT2D eigenvalue weighted by molar-refractivity contribution is 0.711. The zero-order valence-electron chi connectivity index (χ0n) is 15.6. The van der Waals surface area contributed by atoms with Crippen molar-refractivity contribution < 1.29 is 0 Å². The van der Waals surface area contributed by atoms with E-state index in [9.17, 15) is 0 Å². The van der Waals surface area contributed by atoms with E-state index < -0.39 is 0 Å². The SMILES string of the molecule is C1=CNN(c2ccc(N[C@H]3CC[C@H](Nc4ncc(C5CC5)nn4)C3)nc2)C=C1. The molecule has 0 saturated heterocycles. The molecule has 1 aliphatic heterocycles. The molecule has 8 heteroatoms. The normalized spacial score (nSPS) is 23.5. The van der Waals surface area contributed by atoms with Gasteiger partial charge in [-0.25, -0.2) is 9.97 Å². The number of hydrogen-bond donors (Lipinski definition) is 3. The van der Waals surface area contributed by atoms with Gasteiger partial charge in [0.05, 0.1) is 23.8 Å². The first-order valence-corrected chi connectivity index (χ1v) is 9.91. The number of aromatic nitrogens is 4. The molecule has 2 fully saturated rings. The number of pyridine rings is 1. The van der Waals surface area contributed by atoms with E-state index in [4.69, 9.17) is 0 Å². The third kappa shape index (κ3) is 3.90. The molecule has 8 nitrogen and oxygen atoms in total. The Hall–Kier alpha value is -3.16. The minimum Gasteiger partial charge on any atom is -0.367 e. The molecule has 3 aliphatic rings. The third-order valence-electron chi connectivity index (χ3n) is 5.37. The molecule has 2 aromatic rings. The molecule has 2 atom stereocenters. The number of hydrogen-bond acceptors (Lipinski definition) is 8. The summed E-state index contributed by atoms with van der Waals surface area (Å²) in [4.78, 5) is 8.98. The second-order valence-corrected chi connectivity index (χ2v) is 7.58. The minimum absolute atomic E-state index is 0.361. The van der Waals surface area contributed by atoms with Gasteiger partial charge >= 0.3 is 0 Å². The van der Waals surface area contributed by atoms with Crippen LogP contribution in [0.4, 0.5) is 17.5 Å². The van der Waals surface area contributed by atoms with Crippen LogP contribution in [0.2, 0.25) is 0 Å². The fourth-order valence-electron chi connectivity index (χ4n) is 3.68. The Morgan fingerprint density at radius 2 is 1.82 bits per heavy atom. The summed E-state index contributed by atoms with van der Waals surface area (Å²) in [6, 6.07) is 4.83. The zero-order valence-corrected chi connectivity index (χ0v) is 15.6. The first kappa shape index (κ1) is 17.0. The van der Waals surface area contributed by atoms with Gasteiger partial charge in [-0.3, -0.25) is 5.01 Å². The van der Waals surface area contributed by atoms with E-state index in [1.165, 1.54) is 12.8 Å². The van der Waals surface area contributed by atoms with Crippen molar-refractivity contribution in [2.75, 3.05) is 15.6 Å². The van der Waals surface area contributed by atoms with E-state index in [-0.39, 0.29) is 0 Å². The van der Waals surface area contributed by atoms with E-state index in [1.54, 1.807) is 0 Å². The summed E-state index contributed by atoms with van der Waals surface area (Å²) in [5.74, 6) is 2.12. The van der Waals surface area contributed by atoms with Gasteiger partial charge in [-0.15, -0.1) is 10.2 Å². The van der Waals surface area contributed by atoms with Crippen molar-refractivity contribution in [2.24, 2.45) is 0 Å². The van der Waals surface area contributed by atoms with Gasteiger partial charge in [0.25, 0.3) is 0 Å². The quantitative estimate of drug-likeness (QED) is 0.709. The van der Waals surface area contributed by atoms with E-state index in [0.717, 1.165) is 36.5 Å². The summed E-state index contributed by atoms with van der Waals surface area (Å²) in [5, 5.41) is 17.4. The zero-order chi connectivity index (χ0) is 18.8. The molecule has 0 radical (unpaired) electrons. The highest BCUT2D eigenvalue weighted by Crippen LogP contribution is 2.38. The summed E-state index contributed by atoms with van der Waals surface area (Å²) in [6.07, 6.45) is 17.1. The number of nitrogens with zero attached hydrogens (tertiary/aromatic N) is 5. The second kappa shape index (κ2) is 7.46. The highest BCUT2D eigenvalue weighted by Gasteiger charge is 2.27. The molecule has 0 spiro atoms. The van der Waals surface area contributed by atoms with Crippen LogP contribution < -0.4 is 21.1 Å². The van der Waals surface area contributed by atoms with Gasteiger partial charge in [-0.05, 0) is 56.4 Å². The largest absolute Gasteiger partial charge is 0.367 e. The summed E-state index contributed by atoms with van der Waals surface area (Å²) in [6.45, 7) is 0. The predicted octanol–water partition coefficient (Wildman–Crippen LogP) is 2.94. The Kier molecular flexibility index (Phi) is 4.52. The number of nitrogens with one attached hydrogen (secondary N) is 3. The Bertz CT molecular complexity index is 857. The van der Waals surface area contributed by atoms with Gasteiger partial charge in [-0.2, -0.15) is 0 Å². The summed E-state index contributed by atoms with van der Waals surface area (Å²) >= 11 is 0. The lowest BCUT2D eigenvalue weighted by Crippen LogP contribution is -2.30. The lowest BCUT2D eigenvalue weighted by Gasteiger charge is -2.22. The van der Waals surface area contributed by atoms with Gasteiger partial charge < -0.3 is 16.1 Å². The number of rotatable bonds is 6. The molecule has 0 bridgehead atoms. The predicted molar refractivity (Wildman–Crippen MR) is 109 cm³/mol. The van der Waals surface area contributed by atoms with Gasteiger partial charge in [-0.1, -0.05) is 0 Å². The molecule has 2 aliphatic carbocycles. The molecule has 0 amide bonds. The van der Waals surface area contributed by atoms with E-state index in [2.05, 4.69) is 42.3 Å². The highest BCUT2D eigenvalue weighted by molar-refractivity contribution is 5.52. The minimum atomic E-state index is 0.361. The second-order valence-electron chi connectivity index (χ2n) is 7.58. The van der Waals surface area contributed by atoms with Gasteiger partial charge in [0.1, 0.15) is 5.82 Å². The number of hydrazine groups is 1. The Labute approximate surface area is 164 Å². The van der Waals surface area contributed by atoms with Gasteiger partial charge in [0.15, 0.2) is 0 Å². The average Bonchev–Trinajstić information content (AvgIpc) is 3.51. The van der Waals surface area contributed by atoms with Crippen LogP contribution in [0.3, 0.4) is 0 Å². The van der Waals surface area contributed by atoms with Crippen LogP contribution in [-0.4, -0.2) is 32.2 Å². The summed E-state index contributed by atoms with van der Waals surface area (Å²) in [7, 11) is 0. The Morgan fingerprint density at radius 1 is 0.929 bits per heavy atom. The maximum atomic E-state index is 4.55. The van der Waals surface area contributed by atoms with Crippen molar-refractivity contribution >= 4 is 17.5 Å². The van der Waals surface area contributed by atoms with E-state index in [0.29, 0.717) is 23.9 Å². The number of allylic oxidation sites excluding steroid dienone is 2. The maximum absolute atomic E-state index is 4.55. The van der Waals surface area contributed by atoms with Crippen LogP contribution in [0.1, 0.15) is 43.7 Å². The Balaban J connectivity index is 1.13. The van der Waals surface area contributed by atoms with Crippen LogP contribution in [0.5, 0.6) is 0 Å². The van der Waals surface area contributed by atoms with Crippen LogP contribution in [0, 0.1) is 0 Å². The van der Waals surface area contributed by atoms with Crippen molar-refractivity contribution in [3.05, 3.63) is 54.8 Å². The first-order chi connectivity index (χ1) is 13.8. The highest BCUT2D eigenvalue weighted by atomic mass is 15.5. The fourth-order valence-corrected chi connectivity index (χ4v) is 3.68. The average molecular weight is 376 g/mol. The standard InChI is InChI=1S/C20H24N8/c1-2-10-28(23-9-1)17-7-8-19(21-12-17)24-15-5-6-16(11-15)25-20-22-13-18(26-27-20)14-3-4-14/h1-2,7-10,12-16,23H,3-6,11H2,(H,21,24)(H,22,25,27)/t15-,16-/m0/s1. The van der Waals surface area contributed by atoms with Gasteiger partial charge in [0.2, 0.25) is 5.95 Å². The Morgan fingerprint density at radius 3 is 2.50 bits per heavy atom. The maximum Gasteiger partial charge on any atom is 0.242 e. The molecule has 3 N–H and O–H groups in total. The summed E-state index contributed by atoms with van der Waals surface area (Å²) in [5.41, 5.74) is 5.17. The van der Waals surface area contributed by atoms with Crippen LogP contribution >= 0.6 is 0 Å². The number of anilines is 3. The molecular weight excluding hydrogens is 352 g/mol. The van der Waals surface area contributed by atoms with Crippen molar-refractivity contribution in [1.29, 1.82) is 0 Å². The van der Waals surface area contributed by atoms with E-state index >= 15 is 0 Å². The molecule has 5 rings (SSSR count). The summed E-state index contributed by atoms with van der Waals surface area (Å²) < 4.78 is 0. The molecule has 3 heterocycles. The van der Waals surface area contributed by atoms with Crippen molar-refractivity contribution in [1.82, 2.24) is 25.6 Å². The van der Waals surface area contributed by atoms with Gasteiger partial charge in [0, 0.05) is 30.4 Å². The monoisotopic (exact) mass is 376 g/mol. The van der Waals surface area contributed by atoms with Crippen molar-refractivity contribution in [2.45, 2.75) is 50.1 Å². The molecule has 144 valence electrons. The topological polar surface area (TPSA) is 90.9 Å². The first-order valence-electron chi connectivity index (χ1n) is 9.91. The molecule has 0 aromatic carbocycles. The smallest absolute Gasteiger partial charge is 0.242 e. The van der Waals surface area contributed by atoms with E-state index in [1.807, 2.05) is 48.0 Å². The van der Waals surface area contributed by atoms with Crippen LogP contribution in [0.15, 0.2) is 49.1 Å². The lowest BCUT2D eigenvalue weighted by atomic mass is 10.2. The molecule has 28 heavy (non-hydrogen) atoms.